The molecule has 2 aromatic carbocycles. The zero-order valence-electron chi connectivity index (χ0n) is 21.0. The van der Waals surface area contributed by atoms with Crippen molar-refractivity contribution in [3.8, 4) is 22.6 Å². The van der Waals surface area contributed by atoms with E-state index in [1.54, 1.807) is 4.68 Å². The average molecular weight is 476 g/mol. The highest BCUT2D eigenvalue weighted by Gasteiger charge is 2.29. The number of hydrogen-bond donors (Lipinski definition) is 1. The predicted octanol–water partition coefficient (Wildman–Crippen LogP) is 3.41. The molecule has 1 aromatic heterocycles. The lowest BCUT2D eigenvalue weighted by Crippen LogP contribution is -2.57. The van der Waals surface area contributed by atoms with Gasteiger partial charge in [-0.25, -0.2) is 0 Å². The first-order chi connectivity index (χ1) is 16.8. The molecule has 0 bridgehead atoms. The molecule has 0 unspecified atom stereocenters. The van der Waals surface area contributed by atoms with E-state index in [2.05, 4.69) is 40.4 Å². The summed E-state index contributed by atoms with van der Waals surface area (Å²) in [5.41, 5.74) is 5.63. The number of ether oxygens (including phenoxy) is 2. The van der Waals surface area contributed by atoms with Crippen molar-refractivity contribution in [2.75, 3.05) is 45.3 Å². The van der Waals surface area contributed by atoms with E-state index < -0.39 is 0 Å². The standard InChI is InChI=1S/C27H33N5O3/c1-17-6-7-20(32-15-21(16-32)30(3)4)10-22(17)27(33)29-18(2)23-11-25-26(35-9-8-34-25)12-24(23)19-13-28-31(5)14-19/h6-7,10-14,18,21H,8-9,15-16H2,1-5H3,(H,29,33)/t18-/m1/s1. The van der Waals surface area contributed by atoms with Gasteiger partial charge in [0.05, 0.1) is 12.2 Å². The minimum absolute atomic E-state index is 0.0893. The summed E-state index contributed by atoms with van der Waals surface area (Å²) in [6, 6.07) is 10.4. The van der Waals surface area contributed by atoms with Crippen LogP contribution in [0.2, 0.25) is 0 Å². The summed E-state index contributed by atoms with van der Waals surface area (Å²) in [5, 5.41) is 7.55. The van der Waals surface area contributed by atoms with E-state index in [0.717, 1.165) is 41.0 Å². The zero-order valence-corrected chi connectivity index (χ0v) is 21.0. The monoisotopic (exact) mass is 475 g/mol. The molecule has 3 heterocycles. The Morgan fingerprint density at radius 3 is 2.51 bits per heavy atom. The van der Waals surface area contributed by atoms with Gasteiger partial charge in [-0.2, -0.15) is 5.10 Å². The van der Waals surface area contributed by atoms with E-state index in [1.165, 1.54) is 0 Å². The summed E-state index contributed by atoms with van der Waals surface area (Å²) in [7, 11) is 6.10. The SMILES string of the molecule is Cc1ccc(N2CC(N(C)C)C2)cc1C(=O)N[C@H](C)c1cc2c(cc1-c1cnn(C)c1)OCCO2. The highest BCUT2D eigenvalue weighted by Crippen LogP contribution is 2.40. The molecule has 184 valence electrons. The van der Waals surface area contributed by atoms with Gasteiger partial charge in [0.15, 0.2) is 11.5 Å². The Morgan fingerprint density at radius 2 is 1.86 bits per heavy atom. The van der Waals surface area contributed by atoms with Crippen LogP contribution in [0, 0.1) is 6.92 Å². The van der Waals surface area contributed by atoms with Crippen molar-refractivity contribution in [1.29, 1.82) is 0 Å². The molecule has 1 N–H and O–H groups in total. The van der Waals surface area contributed by atoms with E-state index in [0.29, 0.717) is 36.3 Å². The number of amides is 1. The Morgan fingerprint density at radius 1 is 1.14 bits per heavy atom. The highest BCUT2D eigenvalue weighted by molar-refractivity contribution is 5.97. The van der Waals surface area contributed by atoms with Crippen LogP contribution in [0.3, 0.4) is 0 Å². The quantitative estimate of drug-likeness (QED) is 0.589. The molecular weight excluding hydrogens is 442 g/mol. The number of carbonyl (C=O) groups is 1. The topological polar surface area (TPSA) is 71.9 Å². The van der Waals surface area contributed by atoms with Crippen LogP contribution in [0.25, 0.3) is 11.1 Å². The molecule has 8 nitrogen and oxygen atoms in total. The fraction of sp³-hybridized carbons (Fsp3) is 0.407. The van der Waals surface area contributed by atoms with Gasteiger partial charge in [0.1, 0.15) is 13.2 Å². The molecule has 0 spiro atoms. The summed E-state index contributed by atoms with van der Waals surface area (Å²) in [6.07, 6.45) is 3.79. The van der Waals surface area contributed by atoms with Crippen molar-refractivity contribution in [2.24, 2.45) is 7.05 Å². The van der Waals surface area contributed by atoms with Crippen LogP contribution in [0.15, 0.2) is 42.7 Å². The normalized spacial score (nSPS) is 16.2. The fourth-order valence-electron chi connectivity index (χ4n) is 4.67. The molecule has 1 fully saturated rings. The minimum Gasteiger partial charge on any atom is -0.486 e. The van der Waals surface area contributed by atoms with Crippen LogP contribution in [-0.4, -0.2) is 67.0 Å². The van der Waals surface area contributed by atoms with Crippen LogP contribution < -0.4 is 19.7 Å². The van der Waals surface area contributed by atoms with Crippen molar-refractivity contribution in [2.45, 2.75) is 25.9 Å². The van der Waals surface area contributed by atoms with E-state index >= 15 is 0 Å². The number of anilines is 1. The van der Waals surface area contributed by atoms with Crippen LogP contribution in [0.1, 0.15) is 34.5 Å². The van der Waals surface area contributed by atoms with Gasteiger partial charge in [0.2, 0.25) is 0 Å². The van der Waals surface area contributed by atoms with Gasteiger partial charge in [-0.3, -0.25) is 9.48 Å². The molecule has 1 saturated heterocycles. The Bertz CT molecular complexity index is 1250. The molecule has 0 saturated carbocycles. The van der Waals surface area contributed by atoms with Gasteiger partial charge in [0, 0.05) is 49.2 Å². The number of benzene rings is 2. The van der Waals surface area contributed by atoms with Gasteiger partial charge in [-0.15, -0.1) is 0 Å². The number of likely N-dealkylation sites (N-methyl/N-ethyl adjacent to an activating group) is 1. The van der Waals surface area contributed by atoms with E-state index in [9.17, 15) is 4.79 Å². The first-order valence-corrected chi connectivity index (χ1v) is 12.1. The molecule has 35 heavy (non-hydrogen) atoms. The van der Waals surface area contributed by atoms with E-state index in [-0.39, 0.29) is 11.9 Å². The summed E-state index contributed by atoms with van der Waals surface area (Å²) < 4.78 is 13.4. The number of rotatable bonds is 6. The minimum atomic E-state index is -0.251. The largest absolute Gasteiger partial charge is 0.486 e. The van der Waals surface area contributed by atoms with Crippen LogP contribution in [0.4, 0.5) is 5.69 Å². The maximum atomic E-state index is 13.4. The molecule has 8 heteroatoms. The number of nitrogens with one attached hydrogen (secondary N) is 1. The van der Waals surface area contributed by atoms with Gasteiger partial charge in [0.25, 0.3) is 5.91 Å². The lowest BCUT2D eigenvalue weighted by Gasteiger charge is -2.44. The number of hydrogen-bond acceptors (Lipinski definition) is 6. The number of fused-ring (bicyclic) bond motifs is 1. The zero-order chi connectivity index (χ0) is 24.7. The maximum absolute atomic E-state index is 13.4. The maximum Gasteiger partial charge on any atom is 0.252 e. The van der Waals surface area contributed by atoms with Crippen molar-refractivity contribution < 1.29 is 14.3 Å². The lowest BCUT2D eigenvalue weighted by atomic mass is 9.95. The number of nitrogens with zero attached hydrogens (tertiary/aromatic N) is 4. The third kappa shape index (κ3) is 4.58. The smallest absolute Gasteiger partial charge is 0.252 e. The summed E-state index contributed by atoms with van der Waals surface area (Å²) >= 11 is 0. The molecule has 0 aliphatic carbocycles. The van der Waals surface area contributed by atoms with Gasteiger partial charge < -0.3 is 24.6 Å². The Balaban J connectivity index is 1.40. The third-order valence-electron chi connectivity index (χ3n) is 6.97. The van der Waals surface area contributed by atoms with Crippen molar-refractivity contribution in [1.82, 2.24) is 20.0 Å². The van der Waals surface area contributed by atoms with E-state index in [1.807, 2.05) is 57.6 Å². The van der Waals surface area contributed by atoms with Crippen molar-refractivity contribution in [3.05, 3.63) is 59.4 Å². The molecule has 1 atom stereocenters. The Labute approximate surface area is 206 Å². The average Bonchev–Trinajstić information content (AvgIpc) is 3.24. The molecule has 1 amide bonds. The molecule has 5 rings (SSSR count). The first-order valence-electron chi connectivity index (χ1n) is 12.1. The first kappa shape index (κ1) is 23.2. The lowest BCUT2D eigenvalue weighted by molar-refractivity contribution is 0.0939. The van der Waals surface area contributed by atoms with Crippen LogP contribution >= 0.6 is 0 Å². The number of aromatic nitrogens is 2. The van der Waals surface area contributed by atoms with Crippen LogP contribution in [-0.2, 0) is 7.05 Å². The van der Waals surface area contributed by atoms with E-state index in [4.69, 9.17) is 9.47 Å². The summed E-state index contributed by atoms with van der Waals surface area (Å²) in [6.45, 7) is 6.95. The summed E-state index contributed by atoms with van der Waals surface area (Å²) in [4.78, 5) is 18.0. The van der Waals surface area contributed by atoms with Gasteiger partial charge in [-0.1, -0.05) is 6.07 Å². The molecule has 3 aromatic rings. The van der Waals surface area contributed by atoms with Gasteiger partial charge in [-0.05, 0) is 68.9 Å². The van der Waals surface area contributed by atoms with Crippen molar-refractivity contribution >= 4 is 11.6 Å². The second kappa shape index (κ2) is 9.26. The molecular formula is C27H33N5O3. The summed E-state index contributed by atoms with van der Waals surface area (Å²) in [5.74, 6) is 1.33. The number of aryl methyl sites for hydroxylation is 2. The third-order valence-corrected chi connectivity index (χ3v) is 6.97. The highest BCUT2D eigenvalue weighted by atomic mass is 16.6. The molecule has 2 aliphatic rings. The second-order valence-electron chi connectivity index (χ2n) is 9.70. The Kier molecular flexibility index (Phi) is 6.15. The predicted molar refractivity (Wildman–Crippen MR) is 136 cm³/mol. The molecule has 0 radical (unpaired) electrons. The molecule has 2 aliphatic heterocycles. The fourth-order valence-corrected chi connectivity index (χ4v) is 4.67. The van der Waals surface area contributed by atoms with Gasteiger partial charge >= 0.3 is 0 Å². The van der Waals surface area contributed by atoms with Crippen molar-refractivity contribution in [3.63, 3.8) is 0 Å². The van der Waals surface area contributed by atoms with Crippen LogP contribution in [0.5, 0.6) is 11.5 Å². The number of carbonyl (C=O) groups excluding carboxylic acids is 1. The second-order valence-corrected chi connectivity index (χ2v) is 9.70. The Hall–Kier alpha value is -3.52.